The van der Waals surface area contributed by atoms with Crippen molar-refractivity contribution in [2.24, 2.45) is 0 Å². The predicted octanol–water partition coefficient (Wildman–Crippen LogP) is 4.25. The first-order chi connectivity index (χ1) is 18.2. The SMILES string of the molecule is [2H]c1cc([2H])c(Nc2nc(Nc3ccc(OC([2H])([2H])COC([2H])([2H])[2H])cc3)ncc2F)c([2H])c1NC(=O)C=C. The second-order valence-electron chi connectivity index (χ2n) is 5.70. The monoisotopic (exact) mass is 431 g/mol. The van der Waals surface area contributed by atoms with Gasteiger partial charge in [0, 0.05) is 24.1 Å². The summed E-state index contributed by atoms with van der Waals surface area (Å²) in [6.45, 7) is 0.0704. The number of nitrogens with zero attached hydrogens (tertiary/aromatic N) is 2. The predicted molar refractivity (Wildman–Crippen MR) is 118 cm³/mol. The van der Waals surface area contributed by atoms with Crippen LogP contribution in [0.3, 0.4) is 0 Å². The first-order valence-corrected chi connectivity index (χ1v) is 8.71. The zero-order valence-electron chi connectivity index (χ0n) is 24.0. The molecule has 0 radical (unpaired) electrons. The van der Waals surface area contributed by atoms with Crippen LogP contribution in [0.1, 0.15) is 11.0 Å². The van der Waals surface area contributed by atoms with E-state index >= 15 is 0 Å². The third-order valence-corrected chi connectivity index (χ3v) is 3.54. The molecule has 2 aromatic carbocycles. The van der Waals surface area contributed by atoms with Crippen molar-refractivity contribution in [1.29, 1.82) is 0 Å². The van der Waals surface area contributed by atoms with Crippen molar-refractivity contribution in [2.45, 2.75) is 0 Å². The highest BCUT2D eigenvalue weighted by molar-refractivity contribution is 5.99. The van der Waals surface area contributed by atoms with E-state index in [1.807, 2.05) is 0 Å². The smallest absolute Gasteiger partial charge is 0.247 e. The highest BCUT2D eigenvalue weighted by Crippen LogP contribution is 2.23. The summed E-state index contributed by atoms with van der Waals surface area (Å²) in [5, 5.41) is 7.66. The summed E-state index contributed by atoms with van der Waals surface area (Å²) in [4.78, 5) is 19.5. The van der Waals surface area contributed by atoms with E-state index in [0.29, 0.717) is 5.69 Å². The van der Waals surface area contributed by atoms with Crippen molar-refractivity contribution in [3.63, 3.8) is 0 Å². The number of amides is 1. The Morgan fingerprint density at radius 2 is 2.10 bits per heavy atom. The van der Waals surface area contributed by atoms with Gasteiger partial charge in [-0.1, -0.05) is 12.6 Å². The molecule has 160 valence electrons. The van der Waals surface area contributed by atoms with Crippen LogP contribution in [0.5, 0.6) is 5.75 Å². The van der Waals surface area contributed by atoms with Gasteiger partial charge in [-0.3, -0.25) is 4.79 Å². The molecule has 0 unspecified atom stereocenters. The molecule has 3 aromatic rings. The summed E-state index contributed by atoms with van der Waals surface area (Å²) in [7, 11) is -2.77. The fraction of sp³-hybridized carbons (Fsp3) is 0.136. The van der Waals surface area contributed by atoms with E-state index in [1.54, 1.807) is 0 Å². The average molecular weight is 431 g/mol. The first-order valence-electron chi connectivity index (χ1n) is 12.7. The molecule has 0 bridgehead atoms. The molecule has 1 aromatic heterocycles. The van der Waals surface area contributed by atoms with Gasteiger partial charge >= 0.3 is 0 Å². The minimum absolute atomic E-state index is 0.0743. The van der Waals surface area contributed by atoms with Gasteiger partial charge in [-0.05, 0) is 48.5 Å². The lowest BCUT2D eigenvalue weighted by molar-refractivity contribution is -0.111. The molecule has 9 heteroatoms. The lowest BCUT2D eigenvalue weighted by Gasteiger charge is -2.11. The number of ether oxygens (including phenoxy) is 2. The van der Waals surface area contributed by atoms with E-state index in [9.17, 15) is 9.18 Å². The maximum atomic E-state index is 14.5. The van der Waals surface area contributed by atoms with Crippen LogP contribution in [0.15, 0.2) is 67.3 Å². The van der Waals surface area contributed by atoms with E-state index in [-0.39, 0.29) is 35.2 Å². The van der Waals surface area contributed by atoms with Crippen LogP contribution >= 0.6 is 0 Å². The number of carbonyl (C=O) groups is 1. The number of anilines is 5. The Hall–Kier alpha value is -3.98. The van der Waals surface area contributed by atoms with E-state index < -0.39 is 43.8 Å². The first kappa shape index (κ1) is 13.3. The molecule has 3 N–H and O–H groups in total. The molecular formula is C22H22FN5O3. The molecule has 1 heterocycles. The molecule has 0 saturated heterocycles. The third kappa shape index (κ3) is 6.51. The fourth-order valence-electron chi connectivity index (χ4n) is 2.20. The molecule has 0 aliphatic carbocycles. The van der Waals surface area contributed by atoms with Gasteiger partial charge in [0.05, 0.1) is 23.8 Å². The van der Waals surface area contributed by atoms with Gasteiger partial charge in [0.1, 0.15) is 12.3 Å². The fourth-order valence-corrected chi connectivity index (χ4v) is 2.20. The number of methoxy groups -OCH3 is 1. The van der Waals surface area contributed by atoms with Gasteiger partial charge in [0.15, 0.2) is 11.6 Å². The molecule has 31 heavy (non-hydrogen) atoms. The molecular weight excluding hydrogens is 401 g/mol. The molecule has 3 rings (SSSR count). The van der Waals surface area contributed by atoms with E-state index in [4.69, 9.17) is 15.7 Å². The second kappa shape index (κ2) is 10.7. The van der Waals surface area contributed by atoms with Gasteiger partial charge < -0.3 is 25.4 Å². The number of hydrogen-bond acceptors (Lipinski definition) is 7. The van der Waals surface area contributed by atoms with Gasteiger partial charge in [-0.25, -0.2) is 9.37 Å². The van der Waals surface area contributed by atoms with E-state index in [0.717, 1.165) is 18.3 Å². The minimum atomic E-state index is -2.77. The Bertz CT molecular complexity index is 1370. The van der Waals surface area contributed by atoms with Crippen LogP contribution in [-0.4, -0.2) is 36.1 Å². The molecule has 0 fully saturated rings. The number of aromatic nitrogens is 2. The maximum Gasteiger partial charge on any atom is 0.247 e. The highest BCUT2D eigenvalue weighted by Gasteiger charge is 2.09. The average Bonchev–Trinajstić information content (AvgIpc) is 2.85. The van der Waals surface area contributed by atoms with Crippen LogP contribution < -0.4 is 20.7 Å². The van der Waals surface area contributed by atoms with Crippen LogP contribution in [-0.2, 0) is 9.53 Å². The molecule has 0 spiro atoms. The Morgan fingerprint density at radius 3 is 2.87 bits per heavy atom. The number of nitrogens with one attached hydrogen (secondary N) is 3. The van der Waals surface area contributed by atoms with Gasteiger partial charge in [0.25, 0.3) is 0 Å². The Balaban J connectivity index is 1.76. The normalized spacial score (nSPS) is 14.9. The van der Waals surface area contributed by atoms with E-state index in [1.165, 1.54) is 24.3 Å². The van der Waals surface area contributed by atoms with Crippen LogP contribution in [0.2, 0.25) is 0 Å². The van der Waals surface area contributed by atoms with Crippen LogP contribution in [0.4, 0.5) is 33.2 Å². The van der Waals surface area contributed by atoms with Crippen molar-refractivity contribution < 1.29 is 29.6 Å². The summed E-state index contributed by atoms with van der Waals surface area (Å²) < 4.78 is 84.8. The number of carbonyl (C=O) groups excluding carboxylic acids is 1. The highest BCUT2D eigenvalue weighted by atomic mass is 19.1. The van der Waals surface area contributed by atoms with Crippen molar-refractivity contribution in [3.05, 3.63) is 73.1 Å². The third-order valence-electron chi connectivity index (χ3n) is 3.54. The van der Waals surface area contributed by atoms with E-state index in [2.05, 4.69) is 37.2 Å². The number of rotatable bonds is 10. The summed E-state index contributed by atoms with van der Waals surface area (Å²) >= 11 is 0. The summed E-state index contributed by atoms with van der Waals surface area (Å²) in [6.07, 6.45) is 1.80. The van der Waals surface area contributed by atoms with Crippen LogP contribution in [0.25, 0.3) is 0 Å². The lowest BCUT2D eigenvalue weighted by Crippen LogP contribution is -2.07. The van der Waals surface area contributed by atoms with Crippen LogP contribution in [0, 0.1) is 5.82 Å². The summed E-state index contributed by atoms with van der Waals surface area (Å²) in [5.74, 6) is -1.97. The Morgan fingerprint density at radius 1 is 1.29 bits per heavy atom. The molecule has 1 amide bonds. The number of benzene rings is 2. The quantitative estimate of drug-likeness (QED) is 0.413. The summed E-state index contributed by atoms with van der Waals surface area (Å²) in [6, 6.07) is 5.75. The van der Waals surface area contributed by atoms with Crippen molar-refractivity contribution in [3.8, 4) is 5.75 Å². The van der Waals surface area contributed by atoms with Gasteiger partial charge in [0.2, 0.25) is 11.9 Å². The topological polar surface area (TPSA) is 97.4 Å². The van der Waals surface area contributed by atoms with Crippen molar-refractivity contribution >= 4 is 34.7 Å². The Kier molecular flexibility index (Phi) is 4.61. The minimum Gasteiger partial charge on any atom is -0.491 e. The number of hydrogen-bond donors (Lipinski definition) is 3. The van der Waals surface area contributed by atoms with Crippen molar-refractivity contribution in [1.82, 2.24) is 9.97 Å². The molecule has 0 aliphatic rings. The maximum absolute atomic E-state index is 14.5. The molecule has 0 aliphatic heterocycles. The standard InChI is InChI=1S/C22H22FN5O3/c1-3-20(29)25-16-5-4-6-17(13-16)26-21-19(23)14-24-22(28-21)27-15-7-9-18(10-8-15)31-12-11-30-2/h3-10,13-14H,1,11-12H2,2H3,(H,25,29)(H2,24,26,27,28)/i2D3,5D,6D,12D2,13D. The molecule has 0 atom stereocenters. The molecule has 0 saturated carbocycles. The summed E-state index contributed by atoms with van der Waals surface area (Å²) in [5.41, 5.74) is -0.0235. The molecule has 8 nitrogen and oxygen atoms in total. The van der Waals surface area contributed by atoms with Crippen molar-refractivity contribution in [2.75, 3.05) is 36.2 Å². The lowest BCUT2D eigenvalue weighted by atomic mass is 10.2. The van der Waals surface area contributed by atoms with Gasteiger partial charge in [-0.2, -0.15) is 4.98 Å². The second-order valence-corrected chi connectivity index (χ2v) is 5.70. The largest absolute Gasteiger partial charge is 0.491 e. The number of halogens is 1. The zero-order valence-corrected chi connectivity index (χ0v) is 16.0. The Labute approximate surface area is 190 Å². The zero-order chi connectivity index (χ0) is 29.0. The van der Waals surface area contributed by atoms with Gasteiger partial charge in [-0.15, -0.1) is 0 Å².